The smallest absolute Gasteiger partial charge is 0.287 e. The Kier molecular flexibility index (Phi) is 6.32. The highest BCUT2D eigenvalue weighted by atomic mass is 35.5. The summed E-state index contributed by atoms with van der Waals surface area (Å²) < 4.78 is 17.9. The third-order valence-electron chi connectivity index (χ3n) is 4.37. The number of benzene rings is 1. The molecule has 1 aliphatic carbocycles. The fourth-order valence-corrected chi connectivity index (χ4v) is 4.32. The summed E-state index contributed by atoms with van der Waals surface area (Å²) in [6.07, 6.45) is 5.64. The Hall–Kier alpha value is -1.59. The summed E-state index contributed by atoms with van der Waals surface area (Å²) in [5.41, 5.74) is 0.963. The van der Waals surface area contributed by atoms with Gasteiger partial charge in [-0.1, -0.05) is 43.0 Å². The fourth-order valence-electron chi connectivity index (χ4n) is 3.06. The Labute approximate surface area is 155 Å². The van der Waals surface area contributed by atoms with E-state index in [1.54, 1.807) is 24.3 Å². The van der Waals surface area contributed by atoms with E-state index in [9.17, 15) is 9.00 Å². The van der Waals surface area contributed by atoms with Gasteiger partial charge in [0.25, 0.3) is 5.91 Å². The van der Waals surface area contributed by atoms with Gasteiger partial charge in [-0.2, -0.15) is 0 Å². The summed E-state index contributed by atoms with van der Waals surface area (Å²) in [7, 11) is -1.10. The Morgan fingerprint density at radius 1 is 1.08 bits per heavy atom. The first-order chi connectivity index (χ1) is 12.1. The number of carbonyl (C=O) groups excluding carboxylic acids is 1. The average Bonchev–Trinajstić information content (AvgIpc) is 3.06. The summed E-state index contributed by atoms with van der Waals surface area (Å²) in [6, 6.07) is 10.9. The molecule has 4 nitrogen and oxygen atoms in total. The molecule has 0 unspecified atom stereocenters. The fraction of sp³-hybridized carbons (Fsp3) is 0.421. The van der Waals surface area contributed by atoms with Gasteiger partial charge >= 0.3 is 0 Å². The Bertz CT molecular complexity index is 735. The van der Waals surface area contributed by atoms with Crippen molar-refractivity contribution in [3.05, 3.63) is 58.5 Å². The summed E-state index contributed by atoms with van der Waals surface area (Å²) >= 11 is 5.85. The van der Waals surface area contributed by atoms with Crippen LogP contribution >= 0.6 is 11.6 Å². The highest BCUT2D eigenvalue weighted by Gasteiger charge is 2.19. The lowest BCUT2D eigenvalue weighted by Crippen LogP contribution is -2.35. The van der Waals surface area contributed by atoms with Crippen LogP contribution < -0.4 is 5.32 Å². The molecular weight excluding hydrogens is 358 g/mol. The SMILES string of the molecule is O=C(NC1CCCCC1)c1ccc(C[S@@](=O)Cc2ccc(Cl)cc2)o1. The first-order valence-corrected chi connectivity index (χ1v) is 10.5. The summed E-state index contributed by atoms with van der Waals surface area (Å²) in [4.78, 5) is 12.2. The molecule has 2 aromatic rings. The van der Waals surface area contributed by atoms with Crippen LogP contribution in [0.3, 0.4) is 0 Å². The van der Waals surface area contributed by atoms with Crippen LogP contribution in [0.15, 0.2) is 40.8 Å². The molecule has 1 heterocycles. The zero-order valence-corrected chi connectivity index (χ0v) is 15.6. The van der Waals surface area contributed by atoms with Crippen LogP contribution in [0.4, 0.5) is 0 Å². The number of halogens is 1. The van der Waals surface area contributed by atoms with Crippen LogP contribution in [0.1, 0.15) is 54.0 Å². The zero-order chi connectivity index (χ0) is 17.6. The van der Waals surface area contributed by atoms with E-state index in [2.05, 4.69) is 5.32 Å². The highest BCUT2D eigenvalue weighted by molar-refractivity contribution is 7.83. The van der Waals surface area contributed by atoms with Gasteiger partial charge in [0.15, 0.2) is 5.76 Å². The van der Waals surface area contributed by atoms with Crippen molar-refractivity contribution in [1.82, 2.24) is 5.32 Å². The standard InChI is InChI=1S/C19H22ClNO3S/c20-15-8-6-14(7-9-15)12-25(23)13-17-10-11-18(24-17)19(22)21-16-4-2-1-3-5-16/h6-11,16H,1-5,12-13H2,(H,21,22)/t25-/m0/s1. The molecule has 1 aromatic heterocycles. The van der Waals surface area contributed by atoms with Crippen molar-refractivity contribution in [2.24, 2.45) is 0 Å². The van der Waals surface area contributed by atoms with Gasteiger partial charge in [0.05, 0.1) is 5.75 Å². The van der Waals surface area contributed by atoms with Gasteiger partial charge in [-0.3, -0.25) is 9.00 Å². The molecule has 1 fully saturated rings. The third-order valence-corrected chi connectivity index (χ3v) is 5.88. The molecule has 1 aromatic carbocycles. The van der Waals surface area contributed by atoms with Gasteiger partial charge in [0.1, 0.15) is 5.76 Å². The average molecular weight is 380 g/mol. The van der Waals surface area contributed by atoms with E-state index in [1.165, 1.54) is 6.42 Å². The van der Waals surface area contributed by atoms with E-state index in [4.69, 9.17) is 16.0 Å². The van der Waals surface area contributed by atoms with Crippen molar-refractivity contribution in [1.29, 1.82) is 0 Å². The maximum Gasteiger partial charge on any atom is 0.287 e. The second kappa shape index (κ2) is 8.68. The van der Waals surface area contributed by atoms with E-state index in [0.29, 0.717) is 28.0 Å². The van der Waals surface area contributed by atoms with Crippen LogP contribution in [0.2, 0.25) is 5.02 Å². The quantitative estimate of drug-likeness (QED) is 0.806. The second-order valence-electron chi connectivity index (χ2n) is 6.43. The number of carbonyl (C=O) groups is 1. The highest BCUT2D eigenvalue weighted by Crippen LogP contribution is 2.19. The minimum atomic E-state index is -1.10. The predicted octanol–water partition coefficient (Wildman–Crippen LogP) is 4.44. The zero-order valence-electron chi connectivity index (χ0n) is 14.0. The van der Waals surface area contributed by atoms with E-state index >= 15 is 0 Å². The first kappa shape index (κ1) is 18.2. The summed E-state index contributed by atoms with van der Waals surface area (Å²) in [5.74, 6) is 1.41. The minimum Gasteiger partial charge on any atom is -0.455 e. The van der Waals surface area contributed by atoms with Crippen molar-refractivity contribution in [3.8, 4) is 0 Å². The van der Waals surface area contributed by atoms with Crippen molar-refractivity contribution in [3.63, 3.8) is 0 Å². The minimum absolute atomic E-state index is 0.179. The molecule has 0 radical (unpaired) electrons. The lowest BCUT2D eigenvalue weighted by molar-refractivity contribution is 0.0898. The molecule has 1 saturated carbocycles. The van der Waals surface area contributed by atoms with E-state index in [0.717, 1.165) is 31.2 Å². The Morgan fingerprint density at radius 3 is 2.52 bits per heavy atom. The third kappa shape index (κ3) is 5.44. The number of nitrogens with one attached hydrogen (secondary N) is 1. The van der Waals surface area contributed by atoms with Gasteiger partial charge < -0.3 is 9.73 Å². The number of rotatable bonds is 6. The topological polar surface area (TPSA) is 59.3 Å². The van der Waals surface area contributed by atoms with Gasteiger partial charge in [-0.15, -0.1) is 0 Å². The van der Waals surface area contributed by atoms with Crippen molar-refractivity contribution >= 4 is 28.3 Å². The lowest BCUT2D eigenvalue weighted by Gasteiger charge is -2.22. The van der Waals surface area contributed by atoms with Crippen LogP contribution in [-0.2, 0) is 22.3 Å². The molecule has 1 aliphatic rings. The number of furan rings is 1. The van der Waals surface area contributed by atoms with Crippen LogP contribution in [0.25, 0.3) is 0 Å². The first-order valence-electron chi connectivity index (χ1n) is 8.59. The number of hydrogen-bond acceptors (Lipinski definition) is 3. The predicted molar refractivity (Wildman–Crippen MR) is 100 cm³/mol. The molecule has 1 N–H and O–H groups in total. The van der Waals surface area contributed by atoms with Gasteiger partial charge in [-0.05, 0) is 42.7 Å². The van der Waals surface area contributed by atoms with Crippen LogP contribution in [0, 0.1) is 0 Å². The molecule has 1 amide bonds. The normalized spacial score (nSPS) is 16.5. The Balaban J connectivity index is 1.52. The van der Waals surface area contributed by atoms with Gasteiger partial charge in [0, 0.05) is 27.6 Å². The van der Waals surface area contributed by atoms with E-state index in [-0.39, 0.29) is 11.9 Å². The molecule has 25 heavy (non-hydrogen) atoms. The molecule has 134 valence electrons. The largest absolute Gasteiger partial charge is 0.455 e. The molecule has 0 spiro atoms. The molecule has 1 atom stereocenters. The number of amides is 1. The van der Waals surface area contributed by atoms with Gasteiger partial charge in [0.2, 0.25) is 0 Å². The second-order valence-corrected chi connectivity index (χ2v) is 8.32. The molecule has 3 rings (SSSR count). The molecule has 0 bridgehead atoms. The summed E-state index contributed by atoms with van der Waals surface area (Å²) in [5, 5.41) is 3.69. The molecule has 6 heteroatoms. The van der Waals surface area contributed by atoms with E-state index < -0.39 is 10.8 Å². The maximum atomic E-state index is 12.3. The number of hydrogen-bond donors (Lipinski definition) is 1. The monoisotopic (exact) mass is 379 g/mol. The van der Waals surface area contributed by atoms with Crippen molar-refractivity contribution in [2.45, 2.75) is 49.7 Å². The lowest BCUT2D eigenvalue weighted by atomic mass is 9.95. The Morgan fingerprint density at radius 2 is 1.80 bits per heavy atom. The van der Waals surface area contributed by atoms with Crippen LogP contribution in [0.5, 0.6) is 0 Å². The van der Waals surface area contributed by atoms with Gasteiger partial charge in [-0.25, -0.2) is 0 Å². The van der Waals surface area contributed by atoms with Crippen LogP contribution in [-0.4, -0.2) is 16.2 Å². The summed E-state index contributed by atoms with van der Waals surface area (Å²) in [6.45, 7) is 0. The molecule has 0 saturated heterocycles. The molecule has 0 aliphatic heterocycles. The molecular formula is C19H22ClNO3S. The van der Waals surface area contributed by atoms with Crippen molar-refractivity contribution in [2.75, 3.05) is 0 Å². The van der Waals surface area contributed by atoms with E-state index in [1.807, 2.05) is 12.1 Å². The van der Waals surface area contributed by atoms with Crippen molar-refractivity contribution < 1.29 is 13.4 Å². The maximum absolute atomic E-state index is 12.3.